The molecule has 0 fully saturated rings. The van der Waals surface area contributed by atoms with Crippen LogP contribution in [0, 0.1) is 13.8 Å². The van der Waals surface area contributed by atoms with Crippen LogP contribution in [0.4, 0.5) is 0 Å². The average molecular weight is 497 g/mol. The first-order valence-electron chi connectivity index (χ1n) is 12.7. The van der Waals surface area contributed by atoms with Crippen molar-refractivity contribution in [1.82, 2.24) is 30.1 Å². The molecule has 0 spiro atoms. The number of rotatable bonds is 10. The molecule has 2 aromatic carbocycles. The normalized spacial score (nSPS) is 12.4. The number of H-pyrrole nitrogens is 1. The van der Waals surface area contributed by atoms with Crippen molar-refractivity contribution in [2.45, 2.75) is 59.3 Å². The highest BCUT2D eigenvalue weighted by atomic mass is 16.3. The second kappa shape index (κ2) is 10.9. The molecule has 0 saturated heterocycles. The summed E-state index contributed by atoms with van der Waals surface area (Å²) in [6.45, 7) is 7.88. The molecule has 0 aliphatic rings. The molecule has 0 aliphatic heterocycles. The van der Waals surface area contributed by atoms with Crippen LogP contribution in [0.25, 0.3) is 10.9 Å². The molecule has 37 heavy (non-hydrogen) atoms. The van der Waals surface area contributed by atoms with Gasteiger partial charge in [0, 0.05) is 24.2 Å². The Morgan fingerprint density at radius 1 is 1.03 bits per heavy atom. The number of nitrogens with zero attached hydrogens (tertiary/aromatic N) is 5. The summed E-state index contributed by atoms with van der Waals surface area (Å²) in [6.07, 6.45) is 3.44. The number of benzene rings is 2. The lowest BCUT2D eigenvalue weighted by atomic mass is 10.0. The fourth-order valence-corrected chi connectivity index (χ4v) is 4.81. The Morgan fingerprint density at radius 3 is 2.59 bits per heavy atom. The van der Waals surface area contributed by atoms with Gasteiger partial charge in [0.2, 0.25) is 0 Å². The second-order valence-electron chi connectivity index (χ2n) is 9.62. The summed E-state index contributed by atoms with van der Waals surface area (Å²) in [5, 5.41) is 13.8. The third kappa shape index (κ3) is 5.54. The summed E-state index contributed by atoms with van der Waals surface area (Å²) in [5.41, 5.74) is 5.04. The smallest absolute Gasteiger partial charge is 0.252 e. The zero-order chi connectivity index (χ0) is 25.8. The monoisotopic (exact) mass is 496 g/mol. The van der Waals surface area contributed by atoms with E-state index in [1.807, 2.05) is 42.5 Å². The Bertz CT molecular complexity index is 1520. The van der Waals surface area contributed by atoms with Crippen LogP contribution >= 0.6 is 0 Å². The van der Waals surface area contributed by atoms with Crippen LogP contribution < -0.4 is 5.56 Å². The number of pyridine rings is 1. The number of aromatic nitrogens is 5. The Kier molecular flexibility index (Phi) is 7.28. The summed E-state index contributed by atoms with van der Waals surface area (Å²) in [4.78, 5) is 18.6. The Morgan fingerprint density at radius 2 is 1.84 bits per heavy atom. The highest BCUT2D eigenvalue weighted by molar-refractivity contribution is 5.80. The SMILES string of the molecule is CCC[C@@H](c1nnnn1Cc1ccco1)N(Cc1ccccc1)Cc1cc2cc(C)c(C)cc2[nH]c1=O. The van der Waals surface area contributed by atoms with E-state index in [0.29, 0.717) is 19.6 Å². The van der Waals surface area contributed by atoms with E-state index in [1.165, 1.54) is 5.56 Å². The first kappa shape index (κ1) is 24.6. The molecule has 0 aliphatic carbocycles. The maximum Gasteiger partial charge on any atom is 0.252 e. The van der Waals surface area contributed by atoms with Crippen molar-refractivity contribution in [2.24, 2.45) is 0 Å². The van der Waals surface area contributed by atoms with Crippen LogP contribution in [-0.2, 0) is 19.6 Å². The maximum absolute atomic E-state index is 13.2. The first-order valence-corrected chi connectivity index (χ1v) is 12.7. The van der Waals surface area contributed by atoms with Crippen LogP contribution in [0.1, 0.15) is 59.6 Å². The molecule has 3 heterocycles. The van der Waals surface area contributed by atoms with E-state index in [1.54, 1.807) is 10.9 Å². The summed E-state index contributed by atoms with van der Waals surface area (Å²) in [5.74, 6) is 1.55. The molecule has 0 unspecified atom stereocenters. The third-order valence-corrected chi connectivity index (χ3v) is 6.88. The Hall–Kier alpha value is -4.04. The molecule has 0 saturated carbocycles. The van der Waals surface area contributed by atoms with Crippen LogP contribution in [0.2, 0.25) is 0 Å². The lowest BCUT2D eigenvalue weighted by Crippen LogP contribution is -2.32. The third-order valence-electron chi connectivity index (χ3n) is 6.88. The van der Waals surface area contributed by atoms with Crippen molar-refractivity contribution >= 4 is 10.9 Å². The number of fused-ring (bicyclic) bond motifs is 1. The van der Waals surface area contributed by atoms with Crippen LogP contribution in [0.3, 0.4) is 0 Å². The fraction of sp³-hybridized carbons (Fsp3) is 0.310. The number of hydrogen-bond acceptors (Lipinski definition) is 6. The van der Waals surface area contributed by atoms with Crippen molar-refractivity contribution in [1.29, 1.82) is 0 Å². The summed E-state index contributed by atoms with van der Waals surface area (Å²) < 4.78 is 7.35. The van der Waals surface area contributed by atoms with Gasteiger partial charge in [-0.1, -0.05) is 43.7 Å². The predicted molar refractivity (Wildman–Crippen MR) is 143 cm³/mol. The quantitative estimate of drug-likeness (QED) is 0.281. The van der Waals surface area contributed by atoms with Crippen molar-refractivity contribution < 1.29 is 4.42 Å². The highest BCUT2D eigenvalue weighted by Gasteiger charge is 2.27. The lowest BCUT2D eigenvalue weighted by molar-refractivity contribution is 0.155. The van der Waals surface area contributed by atoms with Gasteiger partial charge in [-0.25, -0.2) is 4.68 Å². The van der Waals surface area contributed by atoms with Crippen LogP contribution in [0.15, 0.2) is 76.1 Å². The number of nitrogens with one attached hydrogen (secondary N) is 1. The molecule has 3 aromatic heterocycles. The van der Waals surface area contributed by atoms with Gasteiger partial charge in [-0.2, -0.15) is 0 Å². The van der Waals surface area contributed by atoms with Crippen molar-refractivity contribution in [3.05, 3.63) is 111 Å². The molecule has 0 radical (unpaired) electrons. The van der Waals surface area contributed by atoms with Gasteiger partial charge in [0.25, 0.3) is 5.56 Å². The Labute approximate surface area is 215 Å². The zero-order valence-corrected chi connectivity index (χ0v) is 21.5. The standard InChI is InChI=1S/C29H32N6O2/c1-4-9-27(28-31-32-33-35(28)19-25-12-8-13-37-25)34(17-22-10-6-5-7-11-22)18-24-16-23-14-20(2)21(3)15-26(23)30-29(24)36/h5-8,10-16,27H,4,9,17-19H2,1-3H3,(H,30,36)/t27-/m0/s1. The first-order chi connectivity index (χ1) is 18.0. The van der Waals surface area contributed by atoms with Crippen LogP contribution in [-0.4, -0.2) is 30.1 Å². The van der Waals surface area contributed by atoms with Gasteiger partial charge < -0.3 is 9.40 Å². The summed E-state index contributed by atoms with van der Waals surface area (Å²) >= 11 is 0. The van der Waals surface area contributed by atoms with E-state index in [0.717, 1.165) is 52.0 Å². The van der Waals surface area contributed by atoms with Gasteiger partial charge in [-0.15, -0.1) is 5.10 Å². The minimum absolute atomic E-state index is 0.0701. The molecule has 1 atom stereocenters. The number of furan rings is 1. The summed E-state index contributed by atoms with van der Waals surface area (Å²) in [6, 6.07) is 20.2. The molecule has 5 aromatic rings. The minimum atomic E-state index is -0.0926. The number of aryl methyl sites for hydroxylation is 2. The number of tetrazole rings is 1. The van der Waals surface area contributed by atoms with Gasteiger partial charge in [0.15, 0.2) is 5.82 Å². The van der Waals surface area contributed by atoms with Crippen molar-refractivity contribution in [3.63, 3.8) is 0 Å². The van der Waals surface area contributed by atoms with E-state index in [4.69, 9.17) is 4.42 Å². The van der Waals surface area contributed by atoms with Gasteiger partial charge in [-0.3, -0.25) is 9.69 Å². The van der Waals surface area contributed by atoms with Gasteiger partial charge in [0.05, 0.1) is 12.3 Å². The van der Waals surface area contributed by atoms with Gasteiger partial charge in [-0.05, 0) is 83.1 Å². The molecule has 8 heteroatoms. The largest absolute Gasteiger partial charge is 0.467 e. The van der Waals surface area contributed by atoms with E-state index in [9.17, 15) is 4.79 Å². The second-order valence-corrected chi connectivity index (χ2v) is 9.62. The fourth-order valence-electron chi connectivity index (χ4n) is 4.81. The molecule has 8 nitrogen and oxygen atoms in total. The zero-order valence-electron chi connectivity index (χ0n) is 21.5. The molecule has 0 amide bonds. The maximum atomic E-state index is 13.2. The molecule has 0 bridgehead atoms. The lowest BCUT2D eigenvalue weighted by Gasteiger charge is -2.31. The van der Waals surface area contributed by atoms with Crippen molar-refractivity contribution in [3.8, 4) is 0 Å². The number of aromatic amines is 1. The predicted octanol–water partition coefficient (Wildman–Crippen LogP) is 5.32. The molecule has 190 valence electrons. The van der Waals surface area contributed by atoms with Gasteiger partial charge in [0.1, 0.15) is 12.3 Å². The van der Waals surface area contributed by atoms with E-state index >= 15 is 0 Å². The average Bonchev–Trinajstić information content (AvgIpc) is 3.57. The molecule has 1 N–H and O–H groups in total. The summed E-state index contributed by atoms with van der Waals surface area (Å²) in [7, 11) is 0. The molecule has 5 rings (SSSR count). The molecular formula is C29H32N6O2. The van der Waals surface area contributed by atoms with Crippen molar-refractivity contribution in [2.75, 3.05) is 0 Å². The minimum Gasteiger partial charge on any atom is -0.467 e. The Balaban J connectivity index is 1.54. The highest BCUT2D eigenvalue weighted by Crippen LogP contribution is 2.28. The van der Waals surface area contributed by atoms with Gasteiger partial charge >= 0.3 is 0 Å². The molecular weight excluding hydrogens is 464 g/mol. The van der Waals surface area contributed by atoms with Crippen LogP contribution in [0.5, 0.6) is 0 Å². The topological polar surface area (TPSA) is 92.8 Å². The van der Waals surface area contributed by atoms with E-state index < -0.39 is 0 Å². The van der Waals surface area contributed by atoms with E-state index in [-0.39, 0.29) is 11.6 Å². The number of hydrogen-bond donors (Lipinski definition) is 1. The van der Waals surface area contributed by atoms with E-state index in [2.05, 4.69) is 64.4 Å².